The number of aliphatic hydroxyl groups is 1. The predicted molar refractivity (Wildman–Crippen MR) is 79.6 cm³/mol. The Balaban J connectivity index is 2.46. The van der Waals surface area contributed by atoms with Gasteiger partial charge in [-0.15, -0.1) is 6.58 Å². The Morgan fingerprint density at radius 2 is 2.35 bits per heavy atom. The number of nitrogens with one attached hydrogen (secondary N) is 1. The van der Waals surface area contributed by atoms with Gasteiger partial charge in [-0.25, -0.2) is 4.79 Å². The molecular weight excluding hydrogens is 256 g/mol. The maximum Gasteiger partial charge on any atom is 0.317 e. The zero-order valence-corrected chi connectivity index (χ0v) is 12.7. The Morgan fingerprint density at radius 1 is 1.60 bits per heavy atom. The number of rotatable bonds is 7. The molecular formula is C15H28N2O3. The molecule has 1 saturated heterocycles. The molecule has 2 N–H and O–H groups in total. The molecule has 2 unspecified atom stereocenters. The van der Waals surface area contributed by atoms with Crippen LogP contribution in [0.5, 0.6) is 0 Å². The lowest BCUT2D eigenvalue weighted by Gasteiger charge is -2.35. The van der Waals surface area contributed by atoms with Crippen molar-refractivity contribution in [1.29, 1.82) is 0 Å². The second kappa shape index (κ2) is 8.97. The van der Waals surface area contributed by atoms with Crippen LogP contribution in [0.2, 0.25) is 0 Å². The summed E-state index contributed by atoms with van der Waals surface area (Å²) < 4.78 is 5.82. The maximum atomic E-state index is 12.1. The van der Waals surface area contributed by atoms with Crippen molar-refractivity contribution in [3.63, 3.8) is 0 Å². The zero-order chi connectivity index (χ0) is 15.0. The lowest BCUT2D eigenvalue weighted by Crippen LogP contribution is -2.46. The molecule has 0 radical (unpaired) electrons. The van der Waals surface area contributed by atoms with E-state index in [0.717, 1.165) is 19.4 Å². The molecule has 1 aliphatic heterocycles. The number of urea groups is 1. The summed E-state index contributed by atoms with van der Waals surface area (Å²) >= 11 is 0. The van der Waals surface area contributed by atoms with Crippen LogP contribution in [0.25, 0.3) is 0 Å². The highest BCUT2D eigenvalue weighted by molar-refractivity contribution is 5.74. The van der Waals surface area contributed by atoms with Crippen LogP contribution < -0.4 is 5.32 Å². The van der Waals surface area contributed by atoms with E-state index >= 15 is 0 Å². The SMILES string of the molecule is C=CCN(CCO)C(=O)NCC1CCCOC1C(C)C. The van der Waals surface area contributed by atoms with Gasteiger partial charge in [0.15, 0.2) is 0 Å². The summed E-state index contributed by atoms with van der Waals surface area (Å²) in [6, 6.07) is -0.146. The number of hydrogen-bond acceptors (Lipinski definition) is 3. The molecule has 116 valence electrons. The Morgan fingerprint density at radius 3 is 2.95 bits per heavy atom. The minimum absolute atomic E-state index is 0.0393. The molecule has 1 aliphatic rings. The van der Waals surface area contributed by atoms with Gasteiger partial charge in [0, 0.05) is 32.2 Å². The number of hydrogen-bond donors (Lipinski definition) is 2. The lowest BCUT2D eigenvalue weighted by molar-refractivity contribution is -0.0510. The Bertz CT molecular complexity index is 307. The molecule has 1 fully saturated rings. The molecule has 2 atom stereocenters. The van der Waals surface area contributed by atoms with Crippen molar-refractivity contribution in [1.82, 2.24) is 10.2 Å². The van der Waals surface area contributed by atoms with E-state index in [1.54, 1.807) is 11.0 Å². The van der Waals surface area contributed by atoms with E-state index in [9.17, 15) is 4.79 Å². The molecule has 0 spiro atoms. The molecule has 0 saturated carbocycles. The molecule has 1 heterocycles. The molecule has 5 heteroatoms. The van der Waals surface area contributed by atoms with Gasteiger partial charge in [0.2, 0.25) is 0 Å². The summed E-state index contributed by atoms with van der Waals surface area (Å²) in [6.07, 6.45) is 4.02. The standard InChI is InChI=1S/C15H28N2O3/c1-4-7-17(8-9-18)15(19)16-11-13-6-5-10-20-14(13)12(2)3/h4,12-14,18H,1,5-11H2,2-3H3,(H,16,19). The van der Waals surface area contributed by atoms with Crippen LogP contribution in [0.1, 0.15) is 26.7 Å². The van der Waals surface area contributed by atoms with Gasteiger partial charge in [-0.05, 0) is 18.8 Å². The maximum absolute atomic E-state index is 12.1. The van der Waals surface area contributed by atoms with Gasteiger partial charge >= 0.3 is 6.03 Å². The summed E-state index contributed by atoms with van der Waals surface area (Å²) in [5, 5.41) is 11.9. The first kappa shape index (κ1) is 17.0. The van der Waals surface area contributed by atoms with Gasteiger partial charge in [0.25, 0.3) is 0 Å². The monoisotopic (exact) mass is 284 g/mol. The fourth-order valence-electron chi connectivity index (χ4n) is 2.70. The van der Waals surface area contributed by atoms with Crippen molar-refractivity contribution < 1.29 is 14.6 Å². The first-order valence-electron chi connectivity index (χ1n) is 7.46. The second-order valence-corrected chi connectivity index (χ2v) is 5.63. The smallest absolute Gasteiger partial charge is 0.317 e. The fraction of sp³-hybridized carbons (Fsp3) is 0.800. The molecule has 2 amide bonds. The predicted octanol–water partition coefficient (Wildman–Crippen LogP) is 1.63. The van der Waals surface area contributed by atoms with E-state index in [4.69, 9.17) is 9.84 Å². The third-order valence-corrected chi connectivity index (χ3v) is 3.67. The number of carbonyl (C=O) groups is 1. The van der Waals surface area contributed by atoms with Crippen LogP contribution in [0, 0.1) is 11.8 Å². The average molecular weight is 284 g/mol. The topological polar surface area (TPSA) is 61.8 Å². The highest BCUT2D eigenvalue weighted by atomic mass is 16.5. The summed E-state index contributed by atoms with van der Waals surface area (Å²) in [4.78, 5) is 13.6. The quantitative estimate of drug-likeness (QED) is 0.699. The fourth-order valence-corrected chi connectivity index (χ4v) is 2.70. The Kier molecular flexibility index (Phi) is 7.62. The number of ether oxygens (including phenoxy) is 1. The van der Waals surface area contributed by atoms with Crippen molar-refractivity contribution in [3.8, 4) is 0 Å². The van der Waals surface area contributed by atoms with Crippen LogP contribution >= 0.6 is 0 Å². The van der Waals surface area contributed by atoms with E-state index < -0.39 is 0 Å². The first-order chi connectivity index (χ1) is 9.60. The third kappa shape index (κ3) is 5.13. The second-order valence-electron chi connectivity index (χ2n) is 5.63. The van der Waals surface area contributed by atoms with Crippen LogP contribution in [0.4, 0.5) is 4.79 Å². The van der Waals surface area contributed by atoms with Crippen molar-refractivity contribution in [2.45, 2.75) is 32.8 Å². The first-order valence-corrected chi connectivity index (χ1v) is 7.46. The molecule has 20 heavy (non-hydrogen) atoms. The third-order valence-electron chi connectivity index (χ3n) is 3.67. The summed E-state index contributed by atoms with van der Waals surface area (Å²) in [7, 11) is 0. The minimum Gasteiger partial charge on any atom is -0.395 e. The number of amides is 2. The molecule has 0 aromatic rings. The normalized spacial score (nSPS) is 22.6. The van der Waals surface area contributed by atoms with Crippen molar-refractivity contribution in [2.24, 2.45) is 11.8 Å². The van der Waals surface area contributed by atoms with E-state index in [-0.39, 0.29) is 18.7 Å². The van der Waals surface area contributed by atoms with Crippen molar-refractivity contribution in [2.75, 3.05) is 32.8 Å². The number of aliphatic hydroxyl groups excluding tert-OH is 1. The van der Waals surface area contributed by atoms with E-state index in [1.807, 2.05) is 0 Å². The largest absolute Gasteiger partial charge is 0.395 e. The summed E-state index contributed by atoms with van der Waals surface area (Å²) in [6.45, 7) is 10.1. The Labute approximate surface area is 122 Å². The Hall–Kier alpha value is -1.07. The zero-order valence-electron chi connectivity index (χ0n) is 12.7. The molecule has 0 aromatic heterocycles. The van der Waals surface area contributed by atoms with Gasteiger partial charge < -0.3 is 20.1 Å². The number of carbonyl (C=O) groups excluding carboxylic acids is 1. The van der Waals surface area contributed by atoms with Crippen LogP contribution in [-0.2, 0) is 4.74 Å². The summed E-state index contributed by atoms with van der Waals surface area (Å²) in [5.41, 5.74) is 0. The molecule has 0 bridgehead atoms. The lowest BCUT2D eigenvalue weighted by atomic mass is 9.87. The van der Waals surface area contributed by atoms with Gasteiger partial charge in [-0.3, -0.25) is 0 Å². The minimum atomic E-state index is -0.146. The van der Waals surface area contributed by atoms with E-state index in [1.165, 1.54) is 0 Å². The molecule has 0 aromatic carbocycles. The van der Waals surface area contributed by atoms with Crippen molar-refractivity contribution >= 4 is 6.03 Å². The summed E-state index contributed by atoms with van der Waals surface area (Å²) in [5.74, 6) is 0.825. The van der Waals surface area contributed by atoms with E-state index in [0.29, 0.717) is 31.5 Å². The number of nitrogens with zero attached hydrogens (tertiary/aromatic N) is 1. The van der Waals surface area contributed by atoms with Crippen LogP contribution in [0.15, 0.2) is 12.7 Å². The average Bonchev–Trinajstić information content (AvgIpc) is 2.44. The van der Waals surface area contributed by atoms with Gasteiger partial charge in [-0.2, -0.15) is 0 Å². The van der Waals surface area contributed by atoms with Gasteiger partial charge in [-0.1, -0.05) is 19.9 Å². The highest BCUT2D eigenvalue weighted by Gasteiger charge is 2.29. The van der Waals surface area contributed by atoms with E-state index in [2.05, 4.69) is 25.7 Å². The molecule has 1 rings (SSSR count). The van der Waals surface area contributed by atoms with Crippen LogP contribution in [0.3, 0.4) is 0 Å². The van der Waals surface area contributed by atoms with Gasteiger partial charge in [0.05, 0.1) is 12.7 Å². The molecule has 5 nitrogen and oxygen atoms in total. The highest BCUT2D eigenvalue weighted by Crippen LogP contribution is 2.25. The van der Waals surface area contributed by atoms with Crippen molar-refractivity contribution in [3.05, 3.63) is 12.7 Å². The molecule has 0 aliphatic carbocycles. The van der Waals surface area contributed by atoms with Gasteiger partial charge in [0.1, 0.15) is 0 Å². The van der Waals surface area contributed by atoms with Crippen LogP contribution in [-0.4, -0.2) is 55.0 Å².